The first kappa shape index (κ1) is 18.6. The maximum absolute atomic E-state index is 12.9. The first-order valence-corrected chi connectivity index (χ1v) is 9.37. The lowest BCUT2D eigenvalue weighted by Gasteiger charge is -2.14. The first-order valence-electron chi connectivity index (χ1n) is 9.37. The molecule has 29 heavy (non-hydrogen) atoms. The van der Waals surface area contributed by atoms with Crippen molar-refractivity contribution in [2.24, 2.45) is 0 Å². The van der Waals surface area contributed by atoms with Gasteiger partial charge >= 0.3 is 0 Å². The number of carbonyl (C=O) groups is 1. The van der Waals surface area contributed by atoms with Crippen molar-refractivity contribution in [2.75, 3.05) is 11.1 Å². The Morgan fingerprint density at radius 1 is 1.28 bits per heavy atom. The van der Waals surface area contributed by atoms with Crippen LogP contribution in [0.2, 0.25) is 0 Å². The molecular weight excluding hydrogens is 368 g/mol. The number of nitrogens with zero attached hydrogens (tertiary/aromatic N) is 6. The Hall–Kier alpha value is -3.75. The SMILES string of the molecule is CCc1c(NC(=O)C(C)n2cnc3c(N)ncnc32)cnn1-c1cccc(C)c1. The van der Waals surface area contributed by atoms with Crippen LogP contribution in [0, 0.1) is 6.92 Å². The minimum absolute atomic E-state index is 0.194. The lowest BCUT2D eigenvalue weighted by Crippen LogP contribution is -2.24. The van der Waals surface area contributed by atoms with E-state index in [9.17, 15) is 4.79 Å². The normalized spacial score (nSPS) is 12.2. The van der Waals surface area contributed by atoms with Gasteiger partial charge in [-0.3, -0.25) is 4.79 Å². The van der Waals surface area contributed by atoms with E-state index in [0.717, 1.165) is 23.4 Å². The summed E-state index contributed by atoms with van der Waals surface area (Å²) in [5, 5.41) is 7.47. The van der Waals surface area contributed by atoms with Gasteiger partial charge in [0.1, 0.15) is 17.9 Å². The molecule has 3 heterocycles. The van der Waals surface area contributed by atoms with Gasteiger partial charge in [0.15, 0.2) is 11.5 Å². The Kier molecular flexibility index (Phi) is 4.71. The molecule has 4 rings (SSSR count). The number of carbonyl (C=O) groups excluding carboxylic acids is 1. The molecule has 1 aromatic carbocycles. The number of hydrogen-bond donors (Lipinski definition) is 2. The fourth-order valence-electron chi connectivity index (χ4n) is 3.32. The molecule has 0 aliphatic heterocycles. The van der Waals surface area contributed by atoms with Gasteiger partial charge in [-0.1, -0.05) is 19.1 Å². The molecule has 0 saturated heterocycles. The molecule has 3 aromatic heterocycles. The summed E-state index contributed by atoms with van der Waals surface area (Å²) in [6, 6.07) is 7.54. The van der Waals surface area contributed by atoms with Crippen LogP contribution in [0.3, 0.4) is 0 Å². The van der Waals surface area contributed by atoms with Gasteiger partial charge in [0.05, 0.1) is 29.6 Å². The van der Waals surface area contributed by atoms with Crippen molar-refractivity contribution in [1.82, 2.24) is 29.3 Å². The summed E-state index contributed by atoms with van der Waals surface area (Å²) in [6.07, 6.45) is 5.31. The van der Waals surface area contributed by atoms with Crippen LogP contribution >= 0.6 is 0 Å². The molecule has 3 N–H and O–H groups in total. The highest BCUT2D eigenvalue weighted by atomic mass is 16.2. The second kappa shape index (κ2) is 7.34. The minimum atomic E-state index is -0.540. The van der Waals surface area contributed by atoms with Gasteiger partial charge in [-0.05, 0) is 38.0 Å². The van der Waals surface area contributed by atoms with Crippen LogP contribution in [0.25, 0.3) is 16.9 Å². The molecule has 4 aromatic rings. The zero-order chi connectivity index (χ0) is 20.5. The summed E-state index contributed by atoms with van der Waals surface area (Å²) in [7, 11) is 0. The zero-order valence-electron chi connectivity index (χ0n) is 16.5. The van der Waals surface area contributed by atoms with E-state index in [0.29, 0.717) is 16.9 Å². The van der Waals surface area contributed by atoms with Gasteiger partial charge in [0.2, 0.25) is 5.91 Å². The number of nitrogens with one attached hydrogen (secondary N) is 1. The number of benzene rings is 1. The largest absolute Gasteiger partial charge is 0.382 e. The van der Waals surface area contributed by atoms with Crippen molar-refractivity contribution in [2.45, 2.75) is 33.2 Å². The highest BCUT2D eigenvalue weighted by Crippen LogP contribution is 2.23. The van der Waals surface area contributed by atoms with Crippen molar-refractivity contribution in [3.05, 3.63) is 54.4 Å². The fourth-order valence-corrected chi connectivity index (χ4v) is 3.32. The second-order valence-corrected chi connectivity index (χ2v) is 6.86. The van der Waals surface area contributed by atoms with E-state index in [1.807, 2.05) is 36.7 Å². The molecule has 1 amide bonds. The summed E-state index contributed by atoms with van der Waals surface area (Å²) < 4.78 is 3.53. The Morgan fingerprint density at radius 3 is 2.86 bits per heavy atom. The predicted molar refractivity (Wildman–Crippen MR) is 111 cm³/mol. The molecule has 0 aliphatic carbocycles. The lowest BCUT2D eigenvalue weighted by atomic mass is 10.2. The minimum Gasteiger partial charge on any atom is -0.382 e. The Bertz CT molecular complexity index is 1190. The van der Waals surface area contributed by atoms with Gasteiger partial charge in [-0.2, -0.15) is 5.10 Å². The molecule has 148 valence electrons. The Morgan fingerprint density at radius 2 is 2.10 bits per heavy atom. The quantitative estimate of drug-likeness (QED) is 0.541. The van der Waals surface area contributed by atoms with Crippen molar-refractivity contribution in [3.8, 4) is 5.69 Å². The molecule has 9 nitrogen and oxygen atoms in total. The summed E-state index contributed by atoms with van der Waals surface area (Å²) >= 11 is 0. The van der Waals surface area contributed by atoms with Gasteiger partial charge in [0.25, 0.3) is 0 Å². The summed E-state index contributed by atoms with van der Waals surface area (Å²) in [4.78, 5) is 25.3. The number of anilines is 2. The number of fused-ring (bicyclic) bond motifs is 1. The number of rotatable bonds is 5. The topological polar surface area (TPSA) is 117 Å². The van der Waals surface area contributed by atoms with Gasteiger partial charge in [-0.25, -0.2) is 19.6 Å². The fraction of sp³-hybridized carbons (Fsp3) is 0.250. The number of imidazole rings is 1. The average Bonchev–Trinajstić information content (AvgIpc) is 3.32. The second-order valence-electron chi connectivity index (χ2n) is 6.86. The Balaban J connectivity index is 1.62. The van der Waals surface area contributed by atoms with E-state index in [2.05, 4.69) is 31.4 Å². The lowest BCUT2D eigenvalue weighted by molar-refractivity contribution is -0.118. The van der Waals surface area contributed by atoms with Gasteiger partial charge in [0, 0.05) is 0 Å². The molecule has 1 unspecified atom stereocenters. The number of aromatic nitrogens is 6. The average molecular weight is 390 g/mol. The monoisotopic (exact) mass is 390 g/mol. The molecule has 0 radical (unpaired) electrons. The van der Waals surface area contributed by atoms with Gasteiger partial charge < -0.3 is 15.6 Å². The van der Waals surface area contributed by atoms with Crippen LogP contribution in [-0.2, 0) is 11.2 Å². The third-order valence-corrected chi connectivity index (χ3v) is 4.89. The van der Waals surface area contributed by atoms with Gasteiger partial charge in [-0.15, -0.1) is 0 Å². The van der Waals surface area contributed by atoms with Crippen molar-refractivity contribution >= 4 is 28.6 Å². The van der Waals surface area contributed by atoms with E-state index >= 15 is 0 Å². The first-order chi connectivity index (χ1) is 14.0. The van der Waals surface area contributed by atoms with Crippen LogP contribution in [-0.4, -0.2) is 35.2 Å². The summed E-state index contributed by atoms with van der Waals surface area (Å²) in [6.45, 7) is 5.85. The standard InChI is InChI=1S/C20H22N8O/c1-4-16-15(9-25-28(16)14-7-5-6-12(2)8-14)26-20(29)13(3)27-11-24-17-18(21)22-10-23-19(17)27/h5-11,13H,4H2,1-3H3,(H,26,29)(H2,21,22,23). The van der Waals surface area contributed by atoms with E-state index in [1.165, 1.54) is 6.33 Å². The molecule has 0 saturated carbocycles. The zero-order valence-corrected chi connectivity index (χ0v) is 16.5. The van der Waals surface area contributed by atoms with Crippen LogP contribution in [0.5, 0.6) is 0 Å². The number of amides is 1. The predicted octanol–water partition coefficient (Wildman–Crippen LogP) is 2.66. The molecule has 0 bridgehead atoms. The molecule has 1 atom stereocenters. The van der Waals surface area contributed by atoms with E-state index < -0.39 is 6.04 Å². The smallest absolute Gasteiger partial charge is 0.247 e. The summed E-state index contributed by atoms with van der Waals surface area (Å²) in [5.74, 6) is 0.0917. The van der Waals surface area contributed by atoms with Crippen LogP contribution in [0.4, 0.5) is 11.5 Å². The van der Waals surface area contributed by atoms with E-state index in [4.69, 9.17) is 5.73 Å². The molecule has 0 aliphatic rings. The number of aryl methyl sites for hydroxylation is 1. The van der Waals surface area contributed by atoms with Crippen molar-refractivity contribution in [3.63, 3.8) is 0 Å². The maximum Gasteiger partial charge on any atom is 0.247 e. The van der Waals surface area contributed by atoms with E-state index in [1.54, 1.807) is 24.0 Å². The molecule has 0 fully saturated rings. The number of nitrogens with two attached hydrogens (primary N) is 1. The summed E-state index contributed by atoms with van der Waals surface area (Å²) in [5.41, 5.74) is 10.6. The molecule has 0 spiro atoms. The van der Waals surface area contributed by atoms with Crippen molar-refractivity contribution < 1.29 is 4.79 Å². The van der Waals surface area contributed by atoms with E-state index in [-0.39, 0.29) is 11.7 Å². The Labute approximate surface area is 167 Å². The highest BCUT2D eigenvalue weighted by molar-refractivity contribution is 5.95. The number of hydrogen-bond acceptors (Lipinski definition) is 6. The molecule has 9 heteroatoms. The van der Waals surface area contributed by atoms with Crippen LogP contribution in [0.1, 0.15) is 31.1 Å². The van der Waals surface area contributed by atoms with Crippen LogP contribution in [0.15, 0.2) is 43.1 Å². The van der Waals surface area contributed by atoms with Crippen LogP contribution < -0.4 is 11.1 Å². The van der Waals surface area contributed by atoms with Crippen molar-refractivity contribution in [1.29, 1.82) is 0 Å². The maximum atomic E-state index is 12.9. The third kappa shape index (κ3) is 3.31. The number of nitrogen functional groups attached to an aromatic ring is 1. The third-order valence-electron chi connectivity index (χ3n) is 4.89. The molecular formula is C20H22N8O. The highest BCUT2D eigenvalue weighted by Gasteiger charge is 2.21.